The Balaban J connectivity index is 2.09. The molecule has 0 saturated heterocycles. The minimum Gasteiger partial charge on any atom is -0.444 e. The van der Waals surface area contributed by atoms with Crippen LogP contribution < -0.4 is 5.32 Å². The first-order valence-corrected chi connectivity index (χ1v) is 7.05. The van der Waals surface area contributed by atoms with Gasteiger partial charge in [-0.2, -0.15) is 0 Å². The number of ether oxygens (including phenoxy) is 1. The molecule has 126 valence electrons. The van der Waals surface area contributed by atoms with E-state index in [-0.39, 0.29) is 36.8 Å². The van der Waals surface area contributed by atoms with E-state index in [2.05, 4.69) is 5.32 Å². The molecule has 0 spiro atoms. The van der Waals surface area contributed by atoms with Crippen LogP contribution in [0.15, 0.2) is 42.5 Å². The summed E-state index contributed by atoms with van der Waals surface area (Å²) in [6.07, 6.45) is -0.844. The smallest absolute Gasteiger partial charge is 0.411 e. The number of carbonyl (C=O) groups is 1. The van der Waals surface area contributed by atoms with E-state index in [9.17, 15) is 25.1 Å². The van der Waals surface area contributed by atoms with Crippen LogP contribution in [0.1, 0.15) is 16.7 Å². The Kier molecular flexibility index (Phi) is 5.83. The van der Waals surface area contributed by atoms with Crippen LogP contribution in [0.3, 0.4) is 0 Å². The lowest BCUT2D eigenvalue weighted by Gasteiger charge is -2.13. The van der Waals surface area contributed by atoms with Crippen LogP contribution >= 0.6 is 0 Å². The zero-order valence-electron chi connectivity index (χ0n) is 12.6. The number of nitrogens with one attached hydrogen (secondary N) is 1. The molecule has 0 aromatic heterocycles. The van der Waals surface area contributed by atoms with Gasteiger partial charge in [0.25, 0.3) is 5.69 Å². The second-order valence-corrected chi connectivity index (χ2v) is 4.85. The van der Waals surface area contributed by atoms with Crippen molar-refractivity contribution in [3.8, 4) is 0 Å². The van der Waals surface area contributed by atoms with Crippen molar-refractivity contribution in [2.45, 2.75) is 19.8 Å². The van der Waals surface area contributed by atoms with Crippen molar-refractivity contribution in [2.24, 2.45) is 0 Å². The maximum atomic E-state index is 11.9. The van der Waals surface area contributed by atoms with E-state index in [0.29, 0.717) is 11.1 Å². The largest absolute Gasteiger partial charge is 0.444 e. The molecule has 0 unspecified atom stereocenters. The van der Waals surface area contributed by atoms with Crippen molar-refractivity contribution in [3.05, 3.63) is 69.3 Å². The normalized spacial score (nSPS) is 10.2. The molecule has 0 saturated carbocycles. The van der Waals surface area contributed by atoms with Gasteiger partial charge in [-0.1, -0.05) is 30.3 Å². The summed E-state index contributed by atoms with van der Waals surface area (Å²) in [5.74, 6) is 0. The van der Waals surface area contributed by atoms with Crippen LogP contribution in [0.25, 0.3) is 0 Å². The molecule has 2 rings (SSSR count). The molecule has 24 heavy (non-hydrogen) atoms. The number of aliphatic hydroxyl groups is 2. The Morgan fingerprint density at radius 1 is 1.04 bits per heavy atom. The van der Waals surface area contributed by atoms with E-state index in [1.807, 2.05) is 0 Å². The number of benzene rings is 2. The quantitative estimate of drug-likeness (QED) is 0.551. The van der Waals surface area contributed by atoms with Crippen LogP contribution in [-0.2, 0) is 24.6 Å². The fourth-order valence-electron chi connectivity index (χ4n) is 2.17. The molecule has 3 N–H and O–H groups in total. The molecular formula is C16H16N2O6. The van der Waals surface area contributed by atoms with Crippen LogP contribution in [0, 0.1) is 10.1 Å². The van der Waals surface area contributed by atoms with E-state index in [1.54, 1.807) is 24.3 Å². The zero-order valence-corrected chi connectivity index (χ0v) is 12.6. The number of amides is 1. The van der Waals surface area contributed by atoms with E-state index in [1.165, 1.54) is 18.2 Å². The zero-order chi connectivity index (χ0) is 17.5. The Morgan fingerprint density at radius 3 is 2.21 bits per heavy atom. The number of nitro benzene ring substituents is 1. The number of nitro groups is 1. The predicted octanol–water partition coefficient (Wildman–Crippen LogP) is 2.33. The third-order valence-electron chi connectivity index (χ3n) is 3.35. The first-order chi connectivity index (χ1) is 11.6. The molecule has 2 aromatic rings. The maximum absolute atomic E-state index is 11.9. The van der Waals surface area contributed by atoms with Gasteiger partial charge >= 0.3 is 6.09 Å². The summed E-state index contributed by atoms with van der Waals surface area (Å²) in [6, 6.07) is 10.8. The fraction of sp³-hybridized carbons (Fsp3) is 0.188. The minimum absolute atomic E-state index is 0.142. The van der Waals surface area contributed by atoms with Gasteiger partial charge in [0.15, 0.2) is 0 Å². The molecule has 8 nitrogen and oxygen atoms in total. The lowest BCUT2D eigenvalue weighted by Crippen LogP contribution is -2.16. The van der Waals surface area contributed by atoms with Crippen LogP contribution in [0.5, 0.6) is 0 Å². The number of nitrogens with zero attached hydrogens (tertiary/aromatic N) is 1. The Bertz CT molecular complexity index is 725. The third kappa shape index (κ3) is 4.06. The van der Waals surface area contributed by atoms with Crippen LogP contribution in [0.2, 0.25) is 0 Å². The van der Waals surface area contributed by atoms with E-state index < -0.39 is 11.0 Å². The molecular weight excluding hydrogens is 316 g/mol. The summed E-state index contributed by atoms with van der Waals surface area (Å²) in [5.41, 5.74) is 1.22. The number of aliphatic hydroxyl groups excluding tert-OH is 2. The van der Waals surface area contributed by atoms with E-state index in [0.717, 1.165) is 0 Å². The lowest BCUT2D eigenvalue weighted by atomic mass is 10.1. The van der Waals surface area contributed by atoms with Crippen LogP contribution in [0.4, 0.5) is 16.2 Å². The second-order valence-electron chi connectivity index (χ2n) is 4.85. The molecule has 0 aliphatic carbocycles. The first kappa shape index (κ1) is 17.4. The van der Waals surface area contributed by atoms with Gasteiger partial charge < -0.3 is 14.9 Å². The second kappa shape index (κ2) is 8.04. The maximum Gasteiger partial charge on any atom is 0.411 e. The van der Waals surface area contributed by atoms with Gasteiger partial charge in [-0.25, -0.2) is 4.79 Å². The van der Waals surface area contributed by atoms with Gasteiger partial charge in [-0.05, 0) is 6.07 Å². The van der Waals surface area contributed by atoms with Gasteiger partial charge in [0, 0.05) is 17.2 Å². The average molecular weight is 332 g/mol. The molecule has 0 aliphatic heterocycles. The van der Waals surface area contributed by atoms with Gasteiger partial charge in [0.2, 0.25) is 0 Å². The molecule has 0 radical (unpaired) electrons. The van der Waals surface area contributed by atoms with Crippen LogP contribution in [-0.4, -0.2) is 21.2 Å². The topological polar surface area (TPSA) is 122 Å². The van der Waals surface area contributed by atoms with Gasteiger partial charge in [-0.3, -0.25) is 15.4 Å². The summed E-state index contributed by atoms with van der Waals surface area (Å²) in [5, 5.41) is 32.0. The summed E-state index contributed by atoms with van der Waals surface area (Å²) in [6.45, 7) is -0.931. The van der Waals surface area contributed by atoms with Gasteiger partial charge in [0.1, 0.15) is 6.61 Å². The number of rotatable bonds is 6. The highest BCUT2D eigenvalue weighted by atomic mass is 16.6. The number of para-hydroxylation sites is 2. The lowest BCUT2D eigenvalue weighted by molar-refractivity contribution is -0.385. The van der Waals surface area contributed by atoms with Crippen molar-refractivity contribution < 1.29 is 24.7 Å². The summed E-state index contributed by atoms with van der Waals surface area (Å²) in [7, 11) is 0. The highest BCUT2D eigenvalue weighted by Gasteiger charge is 2.16. The molecule has 0 atom stereocenters. The molecule has 0 bridgehead atoms. The Morgan fingerprint density at radius 2 is 1.62 bits per heavy atom. The van der Waals surface area contributed by atoms with Crippen molar-refractivity contribution in [3.63, 3.8) is 0 Å². The van der Waals surface area contributed by atoms with Crippen molar-refractivity contribution in [1.29, 1.82) is 0 Å². The first-order valence-electron chi connectivity index (χ1n) is 7.05. The number of hydrogen-bond acceptors (Lipinski definition) is 6. The van der Waals surface area contributed by atoms with Gasteiger partial charge in [0.05, 0.1) is 29.4 Å². The summed E-state index contributed by atoms with van der Waals surface area (Å²) < 4.78 is 5.00. The molecule has 1 amide bonds. The van der Waals surface area contributed by atoms with Gasteiger partial charge in [-0.15, -0.1) is 0 Å². The molecule has 2 aromatic carbocycles. The minimum atomic E-state index is -0.844. The Hall–Kier alpha value is -2.97. The molecule has 0 heterocycles. The number of hydrogen-bond donors (Lipinski definition) is 3. The predicted molar refractivity (Wildman–Crippen MR) is 85.2 cm³/mol. The number of anilines is 1. The van der Waals surface area contributed by atoms with E-state index in [4.69, 9.17) is 4.74 Å². The summed E-state index contributed by atoms with van der Waals surface area (Å²) in [4.78, 5) is 22.3. The molecule has 0 aliphatic rings. The highest BCUT2D eigenvalue weighted by molar-refractivity contribution is 5.87. The molecule has 8 heteroatoms. The Labute approximate surface area is 137 Å². The van der Waals surface area contributed by atoms with Crippen molar-refractivity contribution in [2.75, 3.05) is 5.32 Å². The third-order valence-corrected chi connectivity index (χ3v) is 3.35. The number of carbonyl (C=O) groups excluding carboxylic acids is 1. The van der Waals surface area contributed by atoms with E-state index >= 15 is 0 Å². The highest BCUT2D eigenvalue weighted by Crippen LogP contribution is 2.23. The SMILES string of the molecule is O=C(Nc1c(CO)cccc1CO)OCc1ccccc1[N+](=O)[O-]. The van der Waals surface area contributed by atoms with Crippen molar-refractivity contribution in [1.82, 2.24) is 0 Å². The average Bonchev–Trinajstić information content (AvgIpc) is 2.60. The monoisotopic (exact) mass is 332 g/mol. The fourth-order valence-corrected chi connectivity index (χ4v) is 2.17. The summed E-state index contributed by atoms with van der Waals surface area (Å²) >= 11 is 0. The molecule has 0 fully saturated rings. The van der Waals surface area contributed by atoms with Crippen molar-refractivity contribution >= 4 is 17.5 Å². The standard InChI is InChI=1S/C16H16N2O6/c19-8-11-5-3-6-12(9-20)15(11)17-16(21)24-10-13-4-1-2-7-14(13)18(22)23/h1-7,19-20H,8-10H2,(H,17,21).